The minimum absolute atomic E-state index is 0.269. The third kappa shape index (κ3) is 2.59. The number of hydrogen-bond donors (Lipinski definition) is 0. The first-order valence-corrected chi connectivity index (χ1v) is 6.71. The van der Waals surface area contributed by atoms with E-state index in [-0.39, 0.29) is 6.10 Å². The van der Waals surface area contributed by atoms with E-state index in [1.54, 1.807) is 0 Å². The van der Waals surface area contributed by atoms with Gasteiger partial charge >= 0.3 is 0 Å². The van der Waals surface area contributed by atoms with Gasteiger partial charge in [-0.15, -0.1) is 0 Å². The largest absolute Gasteiger partial charge is 0.373 e. The lowest BCUT2D eigenvalue weighted by molar-refractivity contribution is 0.0615. The number of ether oxygens (including phenoxy) is 1. The first-order valence-electron chi connectivity index (χ1n) is 6.71. The number of rotatable bonds is 4. The lowest BCUT2D eigenvalue weighted by atomic mass is 10.2. The predicted molar refractivity (Wildman–Crippen MR) is 77.0 cm³/mol. The lowest BCUT2D eigenvalue weighted by Gasteiger charge is -2.16. The van der Waals surface area contributed by atoms with Crippen molar-refractivity contribution < 1.29 is 4.74 Å². The van der Waals surface area contributed by atoms with Gasteiger partial charge in [-0.25, -0.2) is 0 Å². The Morgan fingerprint density at radius 3 is 2.44 bits per heavy atom. The molecule has 0 aliphatic rings. The Morgan fingerprint density at radius 1 is 1.11 bits per heavy atom. The van der Waals surface area contributed by atoms with E-state index in [1.807, 2.05) is 0 Å². The summed E-state index contributed by atoms with van der Waals surface area (Å²) < 4.78 is 8.14. The van der Waals surface area contributed by atoms with Gasteiger partial charge in [0.15, 0.2) is 0 Å². The molecule has 0 aliphatic heterocycles. The normalized spacial score (nSPS) is 11.9. The van der Waals surface area contributed by atoms with Crippen LogP contribution in [0.5, 0.6) is 0 Å². The minimum atomic E-state index is 0.269. The van der Waals surface area contributed by atoms with Gasteiger partial charge in [0, 0.05) is 17.3 Å². The number of fused-ring (bicyclic) bond motifs is 1. The van der Waals surface area contributed by atoms with Gasteiger partial charge in [0.2, 0.25) is 0 Å². The molecule has 2 rings (SSSR count). The van der Waals surface area contributed by atoms with Crippen molar-refractivity contribution in [1.82, 2.24) is 4.57 Å². The second kappa shape index (κ2) is 5.15. The van der Waals surface area contributed by atoms with E-state index in [2.05, 4.69) is 63.5 Å². The van der Waals surface area contributed by atoms with Crippen LogP contribution in [0.1, 0.15) is 45.0 Å². The highest BCUT2D eigenvalue weighted by molar-refractivity contribution is 5.82. The topological polar surface area (TPSA) is 14.2 Å². The molecule has 2 heteroatoms. The summed E-state index contributed by atoms with van der Waals surface area (Å²) in [6, 6.07) is 9.32. The lowest BCUT2D eigenvalue weighted by Crippen LogP contribution is -2.09. The smallest absolute Gasteiger partial charge is 0.0871 e. The predicted octanol–water partition coefficient (Wildman–Crippen LogP) is 4.46. The van der Waals surface area contributed by atoms with Crippen LogP contribution in [0, 0.1) is 6.92 Å². The summed E-state index contributed by atoms with van der Waals surface area (Å²) in [6.07, 6.45) is 0.269. The molecule has 1 aromatic heterocycles. The molecule has 0 bridgehead atoms. The molecule has 0 spiro atoms. The summed E-state index contributed by atoms with van der Waals surface area (Å²) in [4.78, 5) is 0. The average molecular weight is 245 g/mol. The second-order valence-electron chi connectivity index (χ2n) is 5.52. The summed E-state index contributed by atoms with van der Waals surface area (Å²) in [7, 11) is 0. The van der Waals surface area contributed by atoms with Crippen LogP contribution >= 0.6 is 0 Å². The van der Waals surface area contributed by atoms with Gasteiger partial charge in [0.05, 0.1) is 12.7 Å². The quantitative estimate of drug-likeness (QED) is 0.776. The fourth-order valence-corrected chi connectivity index (χ4v) is 2.36. The van der Waals surface area contributed by atoms with Crippen molar-refractivity contribution >= 4 is 10.9 Å². The molecule has 98 valence electrons. The van der Waals surface area contributed by atoms with Crippen LogP contribution in [0.3, 0.4) is 0 Å². The van der Waals surface area contributed by atoms with Crippen molar-refractivity contribution in [1.29, 1.82) is 0 Å². The van der Waals surface area contributed by atoms with E-state index in [9.17, 15) is 0 Å². The second-order valence-corrected chi connectivity index (χ2v) is 5.52. The number of benzene rings is 1. The van der Waals surface area contributed by atoms with Crippen molar-refractivity contribution in [3.8, 4) is 0 Å². The first kappa shape index (κ1) is 13.2. The fourth-order valence-electron chi connectivity index (χ4n) is 2.36. The molecule has 0 unspecified atom stereocenters. The summed E-state index contributed by atoms with van der Waals surface area (Å²) in [5.74, 6) is 0. The molecule has 18 heavy (non-hydrogen) atoms. The highest BCUT2D eigenvalue weighted by Crippen LogP contribution is 2.25. The maximum atomic E-state index is 5.76. The first-order chi connectivity index (χ1) is 8.49. The van der Waals surface area contributed by atoms with Crippen molar-refractivity contribution in [3.05, 3.63) is 35.5 Å². The highest BCUT2D eigenvalue weighted by atomic mass is 16.5. The van der Waals surface area contributed by atoms with Crippen LogP contribution in [0.15, 0.2) is 24.3 Å². The molecule has 1 heterocycles. The standard InChI is InChI=1S/C16H23NO/c1-11(2)17-15(10-18-12(3)4)9-14-7-6-13(5)8-16(14)17/h6-9,11-12H,10H2,1-5H3. The van der Waals surface area contributed by atoms with Crippen LogP contribution in [0.4, 0.5) is 0 Å². The molecule has 1 aromatic carbocycles. The Morgan fingerprint density at radius 2 is 1.83 bits per heavy atom. The molecule has 0 aliphatic carbocycles. The Labute approximate surface area is 110 Å². The molecule has 2 aromatic rings. The molecule has 0 radical (unpaired) electrons. The van der Waals surface area contributed by atoms with Crippen LogP contribution in [0.2, 0.25) is 0 Å². The van der Waals surface area contributed by atoms with Gasteiger partial charge in [-0.3, -0.25) is 0 Å². The molecule has 0 N–H and O–H groups in total. The van der Waals surface area contributed by atoms with Crippen LogP contribution in [0.25, 0.3) is 10.9 Å². The monoisotopic (exact) mass is 245 g/mol. The van der Waals surface area contributed by atoms with Gasteiger partial charge in [-0.05, 0) is 57.7 Å². The van der Waals surface area contributed by atoms with Gasteiger partial charge in [-0.1, -0.05) is 12.1 Å². The van der Waals surface area contributed by atoms with Crippen molar-refractivity contribution in [2.24, 2.45) is 0 Å². The third-order valence-corrected chi connectivity index (χ3v) is 3.16. The minimum Gasteiger partial charge on any atom is -0.373 e. The highest BCUT2D eigenvalue weighted by Gasteiger charge is 2.12. The number of aromatic nitrogens is 1. The van der Waals surface area contributed by atoms with Crippen molar-refractivity contribution in [2.45, 2.75) is 53.4 Å². The van der Waals surface area contributed by atoms with Crippen LogP contribution in [-0.2, 0) is 11.3 Å². The molecule has 0 saturated carbocycles. The van der Waals surface area contributed by atoms with Gasteiger partial charge in [-0.2, -0.15) is 0 Å². The van der Waals surface area contributed by atoms with Crippen LogP contribution < -0.4 is 0 Å². The van der Waals surface area contributed by atoms with E-state index in [1.165, 1.54) is 22.2 Å². The fraction of sp³-hybridized carbons (Fsp3) is 0.500. The summed E-state index contributed by atoms with van der Waals surface area (Å²) >= 11 is 0. The molecule has 0 atom stereocenters. The Bertz CT molecular complexity index is 537. The number of nitrogens with zero attached hydrogens (tertiary/aromatic N) is 1. The molecular weight excluding hydrogens is 222 g/mol. The summed E-state index contributed by atoms with van der Waals surface area (Å²) in [5.41, 5.74) is 3.88. The molecule has 0 amide bonds. The van der Waals surface area contributed by atoms with E-state index in [0.29, 0.717) is 12.6 Å². The van der Waals surface area contributed by atoms with Crippen molar-refractivity contribution in [2.75, 3.05) is 0 Å². The van der Waals surface area contributed by atoms with E-state index in [0.717, 1.165) is 0 Å². The van der Waals surface area contributed by atoms with Gasteiger partial charge in [0.1, 0.15) is 0 Å². The van der Waals surface area contributed by atoms with Crippen molar-refractivity contribution in [3.63, 3.8) is 0 Å². The zero-order chi connectivity index (χ0) is 13.3. The zero-order valence-corrected chi connectivity index (χ0v) is 12.0. The maximum absolute atomic E-state index is 5.76. The number of aryl methyl sites for hydroxylation is 1. The van der Waals surface area contributed by atoms with E-state index >= 15 is 0 Å². The average Bonchev–Trinajstić information content (AvgIpc) is 2.63. The molecule has 2 nitrogen and oxygen atoms in total. The van der Waals surface area contributed by atoms with Crippen LogP contribution in [-0.4, -0.2) is 10.7 Å². The van der Waals surface area contributed by atoms with Gasteiger partial charge in [0.25, 0.3) is 0 Å². The molecule has 0 fully saturated rings. The summed E-state index contributed by atoms with van der Waals surface area (Å²) in [6.45, 7) is 11.4. The summed E-state index contributed by atoms with van der Waals surface area (Å²) in [5, 5.41) is 1.30. The van der Waals surface area contributed by atoms with Gasteiger partial charge < -0.3 is 9.30 Å². The molecule has 0 saturated heterocycles. The zero-order valence-electron chi connectivity index (χ0n) is 12.0. The Kier molecular flexibility index (Phi) is 3.76. The SMILES string of the molecule is Cc1ccc2cc(COC(C)C)n(C(C)C)c2c1. The van der Waals surface area contributed by atoms with E-state index < -0.39 is 0 Å². The maximum Gasteiger partial charge on any atom is 0.0871 e. The third-order valence-electron chi connectivity index (χ3n) is 3.16. The van der Waals surface area contributed by atoms with E-state index in [4.69, 9.17) is 4.74 Å². The molecular formula is C16H23NO. The number of hydrogen-bond acceptors (Lipinski definition) is 1. The Hall–Kier alpha value is -1.28. The Balaban J connectivity index is 2.48.